The first-order valence-corrected chi connectivity index (χ1v) is 11.5. The van der Waals surface area contributed by atoms with Gasteiger partial charge in [-0.25, -0.2) is 5.10 Å². The minimum atomic E-state index is -0.827. The van der Waals surface area contributed by atoms with Gasteiger partial charge < -0.3 is 19.7 Å². The number of aromatic amines is 1. The molecule has 170 valence electrons. The van der Waals surface area contributed by atoms with Crippen LogP contribution >= 0.6 is 22.9 Å². The van der Waals surface area contributed by atoms with Gasteiger partial charge in [-0.3, -0.25) is 4.79 Å². The van der Waals surface area contributed by atoms with Crippen molar-refractivity contribution < 1.29 is 14.6 Å². The lowest BCUT2D eigenvalue weighted by atomic mass is 10.1. The summed E-state index contributed by atoms with van der Waals surface area (Å²) in [5.74, 6) is 0.965. The number of phenolic OH excluding ortho intramolecular Hbond substituents is 1. The van der Waals surface area contributed by atoms with E-state index in [9.17, 15) is 9.90 Å². The molecule has 11 heteroatoms. The Labute approximate surface area is 201 Å². The number of ether oxygens (including phenoxy) is 1. The summed E-state index contributed by atoms with van der Waals surface area (Å²) in [6.45, 7) is 3.60. The number of thiophene rings is 1. The van der Waals surface area contributed by atoms with Crippen molar-refractivity contribution in [2.24, 2.45) is 0 Å². The molecule has 1 aliphatic rings. The van der Waals surface area contributed by atoms with Gasteiger partial charge in [0.25, 0.3) is 5.91 Å². The zero-order chi connectivity index (χ0) is 23.6. The van der Waals surface area contributed by atoms with E-state index in [-0.39, 0.29) is 11.7 Å². The van der Waals surface area contributed by atoms with Gasteiger partial charge in [-0.2, -0.15) is 0 Å². The molecule has 0 saturated carbocycles. The van der Waals surface area contributed by atoms with Gasteiger partial charge in [0, 0.05) is 17.3 Å². The van der Waals surface area contributed by atoms with E-state index in [2.05, 4.69) is 25.9 Å². The van der Waals surface area contributed by atoms with Crippen molar-refractivity contribution in [2.75, 3.05) is 0 Å². The number of tetrazole rings is 1. The molecule has 5 aromatic rings. The maximum Gasteiger partial charge on any atom is 0.258 e. The Morgan fingerprint density at radius 3 is 2.71 bits per heavy atom. The maximum atomic E-state index is 12.6. The zero-order valence-corrected chi connectivity index (χ0v) is 19.5. The second-order valence-electron chi connectivity index (χ2n) is 8.39. The molecule has 2 aromatic carbocycles. The van der Waals surface area contributed by atoms with Crippen LogP contribution in [0.15, 0.2) is 48.5 Å². The number of nitrogens with zero attached hydrogens (tertiary/aromatic N) is 4. The summed E-state index contributed by atoms with van der Waals surface area (Å²) in [6, 6.07) is 14.4. The fraction of sp³-hybridized carbons (Fsp3) is 0.130. The first-order valence-electron chi connectivity index (χ1n) is 10.3. The summed E-state index contributed by atoms with van der Waals surface area (Å²) in [5, 5.41) is 27.3. The Hall–Kier alpha value is -3.89. The van der Waals surface area contributed by atoms with Crippen molar-refractivity contribution in [3.05, 3.63) is 59.1 Å². The van der Waals surface area contributed by atoms with E-state index >= 15 is 0 Å². The molecule has 3 aromatic heterocycles. The number of aromatic hydroxyl groups is 1. The van der Waals surface area contributed by atoms with Crippen molar-refractivity contribution in [3.63, 3.8) is 0 Å². The van der Waals surface area contributed by atoms with Gasteiger partial charge >= 0.3 is 0 Å². The van der Waals surface area contributed by atoms with Gasteiger partial charge in [-0.1, -0.05) is 11.6 Å². The summed E-state index contributed by atoms with van der Waals surface area (Å²) < 4.78 is 9.09. The van der Waals surface area contributed by atoms with Crippen molar-refractivity contribution in [3.8, 4) is 39.1 Å². The van der Waals surface area contributed by atoms with E-state index < -0.39 is 5.72 Å². The van der Waals surface area contributed by atoms with Crippen LogP contribution in [0.2, 0.25) is 5.02 Å². The molecule has 0 unspecified atom stereocenters. The highest BCUT2D eigenvalue weighted by atomic mass is 35.5. The van der Waals surface area contributed by atoms with Crippen molar-refractivity contribution in [1.29, 1.82) is 0 Å². The molecule has 34 heavy (non-hydrogen) atoms. The fourth-order valence-electron chi connectivity index (χ4n) is 4.12. The summed E-state index contributed by atoms with van der Waals surface area (Å²) in [4.78, 5) is 13.4. The Kier molecular flexibility index (Phi) is 4.45. The number of fused-ring (bicyclic) bond motifs is 2. The molecule has 0 aliphatic carbocycles. The van der Waals surface area contributed by atoms with Gasteiger partial charge in [0.15, 0.2) is 11.5 Å². The first kappa shape index (κ1) is 20.7. The van der Waals surface area contributed by atoms with E-state index in [0.29, 0.717) is 22.2 Å². The number of aromatic nitrogens is 5. The molecule has 3 N–H and O–H groups in total. The van der Waals surface area contributed by atoms with Crippen LogP contribution in [0, 0.1) is 0 Å². The Bertz CT molecular complexity index is 1590. The van der Waals surface area contributed by atoms with Crippen LogP contribution in [0.1, 0.15) is 24.2 Å². The predicted molar refractivity (Wildman–Crippen MR) is 129 cm³/mol. The fourth-order valence-corrected chi connectivity index (χ4v) is 5.41. The molecule has 0 fully saturated rings. The Balaban J connectivity index is 1.60. The van der Waals surface area contributed by atoms with Gasteiger partial charge in [0.2, 0.25) is 0 Å². The van der Waals surface area contributed by atoms with Crippen molar-refractivity contribution in [2.45, 2.75) is 19.6 Å². The third-order valence-electron chi connectivity index (χ3n) is 5.54. The summed E-state index contributed by atoms with van der Waals surface area (Å²) >= 11 is 8.06. The summed E-state index contributed by atoms with van der Waals surface area (Å²) in [7, 11) is 0. The number of amides is 1. The molecule has 1 amide bonds. The van der Waals surface area contributed by atoms with E-state index in [1.54, 1.807) is 32.0 Å². The number of phenols is 1. The highest BCUT2D eigenvalue weighted by Gasteiger charge is 2.32. The molecule has 0 radical (unpaired) electrons. The molecule has 0 bridgehead atoms. The standard InChI is InChI=1S/C23H17ClN6O3S/c1-23(2)25-22(32)14-5-3-11(7-18(14)33-23)30-16(13-6-4-12(31)8-15(13)24)9-19-17(30)10-20(34-19)21-26-28-29-27-21/h3-10,31H,1-2H3,(H,25,32)(H,26,27,28,29). The lowest BCUT2D eigenvalue weighted by Crippen LogP contribution is -2.51. The van der Waals surface area contributed by atoms with Gasteiger partial charge in [-0.05, 0) is 66.7 Å². The molecular weight excluding hydrogens is 476 g/mol. The van der Waals surface area contributed by atoms with Crippen LogP contribution in [-0.2, 0) is 0 Å². The molecule has 0 atom stereocenters. The minimum Gasteiger partial charge on any atom is -0.508 e. The molecule has 1 aliphatic heterocycles. The normalized spacial score (nSPS) is 14.6. The third kappa shape index (κ3) is 3.30. The minimum absolute atomic E-state index is 0.0872. The summed E-state index contributed by atoms with van der Waals surface area (Å²) in [6.07, 6.45) is 0. The number of nitrogens with one attached hydrogen (secondary N) is 2. The van der Waals surface area contributed by atoms with E-state index in [1.807, 2.05) is 28.8 Å². The number of hydrogen-bond acceptors (Lipinski definition) is 7. The number of benzene rings is 2. The number of carbonyl (C=O) groups excluding carboxylic acids is 1. The SMILES string of the molecule is CC1(C)NC(=O)c2ccc(-n3c(-c4ccc(O)cc4Cl)cc4sc(-c5nnn[nH]5)cc43)cc2O1. The van der Waals surface area contributed by atoms with E-state index in [1.165, 1.54) is 17.4 Å². The zero-order valence-electron chi connectivity index (χ0n) is 18.0. The first-order chi connectivity index (χ1) is 16.3. The number of carbonyl (C=O) groups is 1. The lowest BCUT2D eigenvalue weighted by Gasteiger charge is -2.33. The lowest BCUT2D eigenvalue weighted by molar-refractivity contribution is 0.0433. The molecule has 0 spiro atoms. The Morgan fingerprint density at radius 1 is 1.12 bits per heavy atom. The quantitative estimate of drug-likeness (QED) is 0.334. The topological polar surface area (TPSA) is 118 Å². The highest BCUT2D eigenvalue weighted by Crippen LogP contribution is 2.42. The largest absolute Gasteiger partial charge is 0.508 e. The summed E-state index contributed by atoms with van der Waals surface area (Å²) in [5.41, 5.74) is 2.92. The van der Waals surface area contributed by atoms with Crippen molar-refractivity contribution in [1.82, 2.24) is 30.5 Å². The second-order valence-corrected chi connectivity index (χ2v) is 9.88. The molecule has 0 saturated heterocycles. The van der Waals surface area contributed by atoms with Crippen LogP contribution in [0.4, 0.5) is 0 Å². The molecule has 9 nitrogen and oxygen atoms in total. The monoisotopic (exact) mass is 492 g/mol. The maximum absolute atomic E-state index is 12.6. The average Bonchev–Trinajstić information content (AvgIpc) is 3.48. The van der Waals surface area contributed by atoms with E-state index in [4.69, 9.17) is 16.3 Å². The van der Waals surface area contributed by atoms with E-state index in [0.717, 1.165) is 32.0 Å². The number of H-pyrrole nitrogens is 1. The predicted octanol–water partition coefficient (Wildman–Crippen LogP) is 4.76. The highest BCUT2D eigenvalue weighted by molar-refractivity contribution is 7.22. The average molecular weight is 493 g/mol. The van der Waals surface area contributed by atoms with Crippen LogP contribution in [0.3, 0.4) is 0 Å². The van der Waals surface area contributed by atoms with Crippen LogP contribution in [0.25, 0.3) is 37.9 Å². The second kappa shape index (κ2) is 7.31. The van der Waals surface area contributed by atoms with Crippen LogP contribution in [0.5, 0.6) is 11.5 Å². The molecule has 4 heterocycles. The molecule has 6 rings (SSSR count). The van der Waals surface area contributed by atoms with Gasteiger partial charge in [-0.15, -0.1) is 16.4 Å². The Morgan fingerprint density at radius 2 is 1.94 bits per heavy atom. The van der Waals surface area contributed by atoms with Crippen LogP contribution in [-0.4, -0.2) is 41.9 Å². The van der Waals surface area contributed by atoms with Gasteiger partial charge in [0.05, 0.1) is 31.4 Å². The van der Waals surface area contributed by atoms with Gasteiger partial charge in [0.1, 0.15) is 11.5 Å². The van der Waals surface area contributed by atoms with Crippen molar-refractivity contribution >= 4 is 39.1 Å². The molecular formula is C23H17ClN6O3S. The number of rotatable bonds is 3. The number of halogens is 1. The number of hydrogen-bond donors (Lipinski definition) is 3. The smallest absolute Gasteiger partial charge is 0.258 e. The van der Waals surface area contributed by atoms with Crippen LogP contribution < -0.4 is 10.1 Å². The third-order valence-corrected chi connectivity index (χ3v) is 6.94.